The first kappa shape index (κ1) is 22.4. The Labute approximate surface area is 204 Å². The fraction of sp³-hybridized carbons (Fsp3) is 0.179. The van der Waals surface area contributed by atoms with Gasteiger partial charge in [-0.2, -0.15) is 5.10 Å². The zero-order chi connectivity index (χ0) is 24.4. The molecule has 0 spiro atoms. The quantitative estimate of drug-likeness (QED) is 0.431. The molecule has 2 amide bonds. The van der Waals surface area contributed by atoms with E-state index in [2.05, 4.69) is 5.32 Å². The van der Waals surface area contributed by atoms with Gasteiger partial charge in [-0.3, -0.25) is 14.5 Å². The van der Waals surface area contributed by atoms with E-state index in [9.17, 15) is 9.59 Å². The van der Waals surface area contributed by atoms with Crippen molar-refractivity contribution in [3.63, 3.8) is 0 Å². The fourth-order valence-electron chi connectivity index (χ4n) is 4.18. The number of hydrogen-bond donors (Lipinski definition) is 1. The average Bonchev–Trinajstić information content (AvgIpc) is 3.32. The minimum Gasteiger partial charge on any atom is -0.497 e. The lowest BCUT2D eigenvalue weighted by Crippen LogP contribution is -2.36. The van der Waals surface area contributed by atoms with E-state index in [0.717, 1.165) is 39.6 Å². The lowest BCUT2D eigenvalue weighted by Gasteiger charge is -2.27. The standard InChI is InChI=1S/C28H26N4O3/c1-19-5-3-4-6-24(19)29-28(34)22-9-7-20(8-10-22)18-31-26-17-25(30-32(26)16-15-27(31)33)21-11-13-23(35-2)14-12-21/h3-14,17H,15-16,18H2,1-2H3,(H,29,34). The predicted molar refractivity (Wildman–Crippen MR) is 136 cm³/mol. The molecule has 0 fully saturated rings. The van der Waals surface area contributed by atoms with Gasteiger partial charge in [0, 0.05) is 29.3 Å². The number of rotatable bonds is 6. The highest BCUT2D eigenvalue weighted by Crippen LogP contribution is 2.30. The van der Waals surface area contributed by atoms with E-state index in [1.54, 1.807) is 24.1 Å². The minimum atomic E-state index is -0.165. The molecule has 3 aromatic carbocycles. The Morgan fingerprint density at radius 1 is 1.03 bits per heavy atom. The predicted octanol–water partition coefficient (Wildman–Crippen LogP) is 5.06. The second-order valence-electron chi connectivity index (χ2n) is 8.54. The molecule has 7 heteroatoms. The van der Waals surface area contributed by atoms with Crippen LogP contribution >= 0.6 is 0 Å². The van der Waals surface area contributed by atoms with Crippen molar-refractivity contribution in [3.05, 3.63) is 95.6 Å². The maximum atomic E-state index is 12.8. The summed E-state index contributed by atoms with van der Waals surface area (Å²) in [6.45, 7) is 2.92. The summed E-state index contributed by atoms with van der Waals surface area (Å²) in [4.78, 5) is 27.2. The number of aromatic nitrogens is 2. The van der Waals surface area contributed by atoms with Gasteiger partial charge in [0.15, 0.2) is 0 Å². The molecule has 1 aliphatic heterocycles. The number of aryl methyl sites for hydroxylation is 2. The summed E-state index contributed by atoms with van der Waals surface area (Å²) < 4.78 is 7.12. The van der Waals surface area contributed by atoms with E-state index >= 15 is 0 Å². The Morgan fingerprint density at radius 2 is 1.77 bits per heavy atom. The summed E-state index contributed by atoms with van der Waals surface area (Å²) in [5, 5.41) is 7.67. The van der Waals surface area contributed by atoms with Gasteiger partial charge < -0.3 is 10.1 Å². The first-order valence-electron chi connectivity index (χ1n) is 11.5. The lowest BCUT2D eigenvalue weighted by molar-refractivity contribution is -0.119. The molecule has 1 aromatic heterocycles. The van der Waals surface area contributed by atoms with Crippen LogP contribution in [0, 0.1) is 6.92 Å². The first-order chi connectivity index (χ1) is 17.0. The van der Waals surface area contributed by atoms with Gasteiger partial charge in [-0.1, -0.05) is 30.3 Å². The second-order valence-corrected chi connectivity index (χ2v) is 8.54. The van der Waals surface area contributed by atoms with Crippen LogP contribution in [0.15, 0.2) is 78.9 Å². The summed E-state index contributed by atoms with van der Waals surface area (Å²) in [7, 11) is 1.64. The molecule has 0 radical (unpaired) electrons. The normalized spacial score (nSPS) is 12.9. The van der Waals surface area contributed by atoms with Gasteiger partial charge in [-0.05, 0) is 60.5 Å². The fourth-order valence-corrected chi connectivity index (χ4v) is 4.18. The number of carbonyl (C=O) groups excluding carboxylic acids is 2. The summed E-state index contributed by atoms with van der Waals surface area (Å²) in [6.07, 6.45) is 0.396. The summed E-state index contributed by atoms with van der Waals surface area (Å²) in [6, 6.07) is 24.7. The monoisotopic (exact) mass is 466 g/mol. The third-order valence-electron chi connectivity index (χ3n) is 6.21. The number of ether oxygens (including phenoxy) is 1. The smallest absolute Gasteiger partial charge is 0.255 e. The minimum absolute atomic E-state index is 0.0556. The van der Waals surface area contributed by atoms with Crippen LogP contribution in [-0.2, 0) is 17.9 Å². The Hall–Kier alpha value is -4.39. The van der Waals surface area contributed by atoms with E-state index in [-0.39, 0.29) is 11.8 Å². The summed E-state index contributed by atoms with van der Waals surface area (Å²) in [5.74, 6) is 1.45. The third-order valence-corrected chi connectivity index (χ3v) is 6.21. The number of para-hydroxylation sites is 1. The summed E-state index contributed by atoms with van der Waals surface area (Å²) >= 11 is 0. The van der Waals surface area contributed by atoms with E-state index < -0.39 is 0 Å². The number of hydrogen-bond acceptors (Lipinski definition) is 4. The highest BCUT2D eigenvalue weighted by molar-refractivity contribution is 6.04. The molecular weight excluding hydrogens is 440 g/mol. The van der Waals surface area contributed by atoms with Crippen molar-refractivity contribution in [3.8, 4) is 17.0 Å². The Morgan fingerprint density at radius 3 is 2.49 bits per heavy atom. The number of anilines is 2. The van der Waals surface area contributed by atoms with E-state index in [4.69, 9.17) is 9.84 Å². The van der Waals surface area contributed by atoms with Crippen LogP contribution in [0.5, 0.6) is 5.75 Å². The van der Waals surface area contributed by atoms with E-state index in [0.29, 0.717) is 25.1 Å². The molecule has 7 nitrogen and oxygen atoms in total. The molecule has 176 valence electrons. The zero-order valence-electron chi connectivity index (χ0n) is 19.7. The zero-order valence-corrected chi connectivity index (χ0v) is 19.7. The maximum absolute atomic E-state index is 12.8. The molecule has 1 aliphatic rings. The number of carbonyl (C=O) groups is 2. The number of methoxy groups -OCH3 is 1. The van der Waals surface area contributed by atoms with Crippen LogP contribution in [0.1, 0.15) is 27.9 Å². The molecule has 0 bridgehead atoms. The van der Waals surface area contributed by atoms with Crippen LogP contribution in [0.2, 0.25) is 0 Å². The van der Waals surface area contributed by atoms with Gasteiger partial charge >= 0.3 is 0 Å². The van der Waals surface area contributed by atoms with E-state index in [1.165, 1.54) is 0 Å². The Balaban J connectivity index is 1.33. The van der Waals surface area contributed by atoms with Crippen molar-refractivity contribution >= 4 is 23.3 Å². The van der Waals surface area contributed by atoms with E-state index in [1.807, 2.05) is 78.3 Å². The van der Waals surface area contributed by atoms with Gasteiger partial charge in [0.25, 0.3) is 5.91 Å². The molecule has 0 saturated carbocycles. The number of amides is 2. The molecule has 0 saturated heterocycles. The molecule has 35 heavy (non-hydrogen) atoms. The van der Waals surface area contributed by atoms with Crippen molar-refractivity contribution < 1.29 is 14.3 Å². The SMILES string of the molecule is COc1ccc(-c2cc3n(n2)CCC(=O)N3Cc2ccc(C(=O)Nc3ccccc3C)cc2)cc1. The highest BCUT2D eigenvalue weighted by Gasteiger charge is 2.26. The maximum Gasteiger partial charge on any atom is 0.255 e. The lowest BCUT2D eigenvalue weighted by atomic mass is 10.1. The van der Waals surface area contributed by atoms with Crippen molar-refractivity contribution in [1.82, 2.24) is 9.78 Å². The average molecular weight is 467 g/mol. The molecule has 5 rings (SSSR count). The molecule has 0 aliphatic carbocycles. The highest BCUT2D eigenvalue weighted by atomic mass is 16.5. The Kier molecular flexibility index (Phi) is 6.06. The number of nitrogens with zero attached hydrogens (tertiary/aromatic N) is 3. The van der Waals surface area contributed by atoms with Crippen molar-refractivity contribution in [2.75, 3.05) is 17.3 Å². The topological polar surface area (TPSA) is 76.5 Å². The van der Waals surface area contributed by atoms with Crippen LogP contribution in [0.4, 0.5) is 11.5 Å². The van der Waals surface area contributed by atoms with Gasteiger partial charge in [-0.15, -0.1) is 0 Å². The van der Waals surface area contributed by atoms with Crippen molar-refractivity contribution in [2.45, 2.75) is 26.4 Å². The molecule has 2 heterocycles. The van der Waals surface area contributed by atoms with Gasteiger partial charge in [0.2, 0.25) is 5.91 Å². The molecule has 4 aromatic rings. The molecule has 0 atom stereocenters. The molecule has 0 unspecified atom stereocenters. The van der Waals surface area contributed by atoms with Gasteiger partial charge in [0.05, 0.1) is 25.9 Å². The van der Waals surface area contributed by atoms with Crippen LogP contribution in [0.25, 0.3) is 11.3 Å². The molecule has 1 N–H and O–H groups in total. The van der Waals surface area contributed by atoms with Crippen LogP contribution < -0.4 is 15.0 Å². The largest absolute Gasteiger partial charge is 0.497 e. The van der Waals surface area contributed by atoms with Crippen molar-refractivity contribution in [1.29, 1.82) is 0 Å². The molecular formula is C28H26N4O3. The summed E-state index contributed by atoms with van der Waals surface area (Å²) in [5.41, 5.74) is 5.07. The second kappa shape index (κ2) is 9.46. The number of fused-ring (bicyclic) bond motifs is 1. The van der Waals surface area contributed by atoms with Crippen molar-refractivity contribution in [2.24, 2.45) is 0 Å². The Bertz CT molecular complexity index is 1370. The number of benzene rings is 3. The van der Waals surface area contributed by atoms with Gasteiger partial charge in [0.1, 0.15) is 11.6 Å². The first-order valence-corrected chi connectivity index (χ1v) is 11.5. The van der Waals surface area contributed by atoms with Crippen LogP contribution in [0.3, 0.4) is 0 Å². The third kappa shape index (κ3) is 4.66. The van der Waals surface area contributed by atoms with Gasteiger partial charge in [-0.25, -0.2) is 4.68 Å². The number of nitrogens with one attached hydrogen (secondary N) is 1. The van der Waals surface area contributed by atoms with Crippen LogP contribution in [-0.4, -0.2) is 28.7 Å².